The molecule has 0 aliphatic carbocycles. The van der Waals surface area contributed by atoms with E-state index >= 15 is 0 Å². The Hall–Kier alpha value is -2.77. The third kappa shape index (κ3) is 3.84. The second-order valence-electron chi connectivity index (χ2n) is 6.19. The molecular formula is C19H17ClN2O5. The Balaban J connectivity index is 1.37. The van der Waals surface area contributed by atoms with E-state index in [2.05, 4.69) is 5.32 Å². The zero-order chi connectivity index (χ0) is 18.8. The zero-order valence-electron chi connectivity index (χ0n) is 14.3. The van der Waals surface area contributed by atoms with Crippen molar-refractivity contribution in [3.63, 3.8) is 0 Å². The summed E-state index contributed by atoms with van der Waals surface area (Å²) in [5, 5.41) is 3.44. The van der Waals surface area contributed by atoms with E-state index in [1.54, 1.807) is 47.4 Å². The topological polar surface area (TPSA) is 77.1 Å². The van der Waals surface area contributed by atoms with Crippen molar-refractivity contribution in [2.24, 2.45) is 0 Å². The Morgan fingerprint density at radius 1 is 1.15 bits per heavy atom. The summed E-state index contributed by atoms with van der Waals surface area (Å²) >= 11 is 5.90. The van der Waals surface area contributed by atoms with Gasteiger partial charge in [0.05, 0.1) is 12.6 Å². The van der Waals surface area contributed by atoms with Gasteiger partial charge in [-0.3, -0.25) is 9.59 Å². The van der Waals surface area contributed by atoms with Crippen LogP contribution >= 0.6 is 11.6 Å². The van der Waals surface area contributed by atoms with Crippen molar-refractivity contribution in [2.75, 3.05) is 31.4 Å². The number of hydrogen-bond acceptors (Lipinski definition) is 5. The molecule has 1 unspecified atom stereocenters. The molecule has 2 amide bonds. The van der Waals surface area contributed by atoms with Crippen molar-refractivity contribution in [2.45, 2.75) is 6.10 Å². The third-order valence-electron chi connectivity index (χ3n) is 4.39. The summed E-state index contributed by atoms with van der Waals surface area (Å²) in [6.45, 7) is 0.755. The van der Waals surface area contributed by atoms with E-state index in [0.717, 1.165) is 5.69 Å². The van der Waals surface area contributed by atoms with E-state index in [1.165, 1.54) is 0 Å². The lowest BCUT2D eigenvalue weighted by Gasteiger charge is -2.32. The van der Waals surface area contributed by atoms with Crippen LogP contribution < -0.4 is 19.7 Å². The molecule has 2 heterocycles. The predicted octanol–water partition coefficient (Wildman–Crippen LogP) is 2.23. The fourth-order valence-corrected chi connectivity index (χ4v) is 3.09. The lowest BCUT2D eigenvalue weighted by Crippen LogP contribution is -2.50. The quantitative estimate of drug-likeness (QED) is 0.869. The number of amides is 2. The fraction of sp³-hybridized carbons (Fsp3) is 0.263. The molecule has 2 aliphatic heterocycles. The van der Waals surface area contributed by atoms with Crippen LogP contribution in [0.4, 0.5) is 5.69 Å². The number of benzene rings is 2. The average Bonchev–Trinajstić information content (AvgIpc) is 3.15. The number of halogens is 1. The number of morpholine rings is 1. The summed E-state index contributed by atoms with van der Waals surface area (Å²) in [5.41, 5.74) is 1.22. The Bertz CT molecular complexity index is 871. The van der Waals surface area contributed by atoms with Gasteiger partial charge < -0.3 is 24.4 Å². The Labute approximate surface area is 160 Å². The van der Waals surface area contributed by atoms with Gasteiger partial charge in [-0.2, -0.15) is 0 Å². The maximum atomic E-state index is 12.4. The minimum absolute atomic E-state index is 0.0345. The maximum absolute atomic E-state index is 12.4. The molecule has 2 aromatic carbocycles. The number of rotatable bonds is 4. The Morgan fingerprint density at radius 3 is 2.74 bits per heavy atom. The molecule has 1 saturated heterocycles. The van der Waals surface area contributed by atoms with Crippen LogP contribution in [0.2, 0.25) is 5.02 Å². The minimum Gasteiger partial charge on any atom is -0.454 e. The van der Waals surface area contributed by atoms with Crippen molar-refractivity contribution in [1.82, 2.24) is 5.32 Å². The standard InChI is InChI=1S/C19H17ClN2O5/c20-13-2-4-14(5-3-13)22-9-15(25-10-18(22)23)8-21-19(24)12-1-6-16-17(7-12)27-11-26-16/h1-7,15H,8-11H2,(H,21,24). The van der Waals surface area contributed by atoms with Crippen molar-refractivity contribution >= 4 is 29.1 Å². The second kappa shape index (κ2) is 7.46. The van der Waals surface area contributed by atoms with Gasteiger partial charge in [-0.15, -0.1) is 0 Å². The normalized spacial score (nSPS) is 18.5. The molecule has 0 saturated carbocycles. The summed E-state index contributed by atoms with van der Waals surface area (Å²) in [6, 6.07) is 12.1. The van der Waals surface area contributed by atoms with E-state index in [1.807, 2.05) is 0 Å². The first kappa shape index (κ1) is 17.6. The van der Waals surface area contributed by atoms with Gasteiger partial charge in [-0.05, 0) is 42.5 Å². The average molecular weight is 389 g/mol. The van der Waals surface area contributed by atoms with Crippen LogP contribution in [0.25, 0.3) is 0 Å². The van der Waals surface area contributed by atoms with Crippen LogP contribution in [-0.2, 0) is 9.53 Å². The van der Waals surface area contributed by atoms with Crippen molar-refractivity contribution < 1.29 is 23.8 Å². The molecule has 27 heavy (non-hydrogen) atoms. The Morgan fingerprint density at radius 2 is 1.93 bits per heavy atom. The second-order valence-corrected chi connectivity index (χ2v) is 6.63. The summed E-state index contributed by atoms with van der Waals surface area (Å²) in [6.07, 6.45) is -0.309. The number of nitrogens with zero attached hydrogens (tertiary/aromatic N) is 1. The summed E-state index contributed by atoms with van der Waals surface area (Å²) < 4.78 is 16.1. The molecule has 8 heteroatoms. The van der Waals surface area contributed by atoms with Gasteiger partial charge in [-0.1, -0.05) is 11.6 Å². The summed E-state index contributed by atoms with van der Waals surface area (Å²) in [7, 11) is 0. The van der Waals surface area contributed by atoms with Gasteiger partial charge in [0.1, 0.15) is 6.61 Å². The van der Waals surface area contributed by atoms with Gasteiger partial charge in [-0.25, -0.2) is 0 Å². The number of carbonyl (C=O) groups excluding carboxylic acids is 2. The van der Waals surface area contributed by atoms with E-state index in [9.17, 15) is 9.59 Å². The number of nitrogens with one attached hydrogen (secondary N) is 1. The number of anilines is 1. The molecule has 1 atom stereocenters. The van der Waals surface area contributed by atoms with Crippen LogP contribution in [0.1, 0.15) is 10.4 Å². The number of carbonyl (C=O) groups is 2. The first-order valence-corrected chi connectivity index (χ1v) is 8.83. The molecule has 0 spiro atoms. The van der Waals surface area contributed by atoms with Crippen LogP contribution in [-0.4, -0.2) is 44.4 Å². The highest BCUT2D eigenvalue weighted by atomic mass is 35.5. The molecule has 0 bridgehead atoms. The Kier molecular flexibility index (Phi) is 4.87. The van der Waals surface area contributed by atoms with E-state index in [4.69, 9.17) is 25.8 Å². The van der Waals surface area contributed by atoms with Crippen LogP contribution in [0.3, 0.4) is 0 Å². The SMILES string of the molecule is O=C(NCC1CN(c2ccc(Cl)cc2)C(=O)CO1)c1ccc2c(c1)OCO2. The molecular weight excluding hydrogens is 372 g/mol. The van der Waals surface area contributed by atoms with Gasteiger partial charge in [0.2, 0.25) is 6.79 Å². The molecule has 2 aromatic rings. The lowest BCUT2D eigenvalue weighted by atomic mass is 10.1. The van der Waals surface area contributed by atoms with E-state index in [0.29, 0.717) is 28.6 Å². The van der Waals surface area contributed by atoms with Crippen molar-refractivity contribution in [3.8, 4) is 11.5 Å². The van der Waals surface area contributed by atoms with Crippen molar-refractivity contribution in [3.05, 3.63) is 53.1 Å². The molecule has 0 radical (unpaired) electrons. The van der Waals surface area contributed by atoms with E-state index in [-0.39, 0.29) is 37.9 Å². The molecule has 2 aliphatic rings. The largest absolute Gasteiger partial charge is 0.454 e. The molecule has 7 nitrogen and oxygen atoms in total. The molecule has 1 fully saturated rings. The predicted molar refractivity (Wildman–Crippen MR) is 98.4 cm³/mol. The zero-order valence-corrected chi connectivity index (χ0v) is 15.1. The molecule has 1 N–H and O–H groups in total. The smallest absolute Gasteiger partial charge is 0.253 e. The third-order valence-corrected chi connectivity index (χ3v) is 4.65. The monoisotopic (exact) mass is 388 g/mol. The highest BCUT2D eigenvalue weighted by Gasteiger charge is 2.28. The molecule has 0 aromatic heterocycles. The maximum Gasteiger partial charge on any atom is 0.253 e. The first-order valence-electron chi connectivity index (χ1n) is 8.45. The number of fused-ring (bicyclic) bond motifs is 1. The number of ether oxygens (including phenoxy) is 3. The van der Waals surface area contributed by atoms with Gasteiger partial charge in [0.25, 0.3) is 11.8 Å². The van der Waals surface area contributed by atoms with Crippen LogP contribution in [0, 0.1) is 0 Å². The fourth-order valence-electron chi connectivity index (χ4n) is 2.97. The highest BCUT2D eigenvalue weighted by Crippen LogP contribution is 2.32. The van der Waals surface area contributed by atoms with Gasteiger partial charge >= 0.3 is 0 Å². The van der Waals surface area contributed by atoms with Crippen molar-refractivity contribution in [1.29, 1.82) is 0 Å². The number of hydrogen-bond donors (Lipinski definition) is 1. The highest BCUT2D eigenvalue weighted by molar-refractivity contribution is 6.30. The van der Waals surface area contributed by atoms with Gasteiger partial charge in [0.15, 0.2) is 11.5 Å². The molecule has 140 valence electrons. The summed E-state index contributed by atoms with van der Waals surface area (Å²) in [5.74, 6) is 0.804. The molecule has 4 rings (SSSR count). The van der Waals surface area contributed by atoms with E-state index < -0.39 is 0 Å². The minimum atomic E-state index is -0.309. The summed E-state index contributed by atoms with van der Waals surface area (Å²) in [4.78, 5) is 26.2. The van der Waals surface area contributed by atoms with Crippen LogP contribution in [0.15, 0.2) is 42.5 Å². The van der Waals surface area contributed by atoms with Crippen LogP contribution in [0.5, 0.6) is 11.5 Å². The lowest BCUT2D eigenvalue weighted by molar-refractivity contribution is -0.129. The first-order chi connectivity index (χ1) is 13.1. The van der Waals surface area contributed by atoms with Gasteiger partial charge in [0, 0.05) is 22.8 Å².